The smallest absolute Gasteiger partial charge is 0.231 e. The van der Waals surface area contributed by atoms with E-state index in [1.54, 1.807) is 0 Å². The summed E-state index contributed by atoms with van der Waals surface area (Å²) in [5.74, 6) is 0.352. The maximum atomic E-state index is 12.4. The predicted octanol–water partition coefficient (Wildman–Crippen LogP) is 4.55. The second-order valence-electron chi connectivity index (χ2n) is 6.43. The molecule has 126 valence electrons. The maximum absolute atomic E-state index is 12.4. The number of carbonyl (C=O) groups is 1. The van der Waals surface area contributed by atoms with Crippen LogP contribution in [0.4, 0.5) is 5.69 Å². The molecule has 1 unspecified atom stereocenters. The van der Waals surface area contributed by atoms with Gasteiger partial charge in [-0.2, -0.15) is 0 Å². The highest BCUT2D eigenvalue weighted by Gasteiger charge is 2.17. The molecule has 24 heavy (non-hydrogen) atoms. The average Bonchev–Trinajstić information content (AvgIpc) is 2.63. The van der Waals surface area contributed by atoms with E-state index < -0.39 is 0 Å². The third kappa shape index (κ3) is 4.16. The van der Waals surface area contributed by atoms with Crippen molar-refractivity contribution < 1.29 is 4.79 Å². The fourth-order valence-corrected chi connectivity index (χ4v) is 3.25. The van der Waals surface area contributed by atoms with Crippen molar-refractivity contribution in [2.45, 2.75) is 31.6 Å². The van der Waals surface area contributed by atoms with Gasteiger partial charge in [0, 0.05) is 17.3 Å². The Kier molecular flexibility index (Phi) is 5.54. The van der Waals surface area contributed by atoms with E-state index in [9.17, 15) is 4.79 Å². The molecule has 0 radical (unpaired) electrons. The summed E-state index contributed by atoms with van der Waals surface area (Å²) in [4.78, 5) is 12.4. The lowest BCUT2D eigenvalue weighted by Gasteiger charge is -2.23. The van der Waals surface area contributed by atoms with Gasteiger partial charge in [0.25, 0.3) is 0 Å². The van der Waals surface area contributed by atoms with Crippen molar-refractivity contribution in [3.8, 4) is 0 Å². The molecule has 2 aromatic rings. The Morgan fingerprint density at radius 1 is 1.17 bits per heavy atom. The quantitative estimate of drug-likeness (QED) is 0.855. The highest BCUT2D eigenvalue weighted by molar-refractivity contribution is 6.30. The van der Waals surface area contributed by atoms with Crippen LogP contribution in [0.1, 0.15) is 42.7 Å². The molecule has 0 bridgehead atoms. The normalized spacial score (nSPS) is 18.8. The van der Waals surface area contributed by atoms with Crippen molar-refractivity contribution in [2.24, 2.45) is 0 Å². The highest BCUT2D eigenvalue weighted by atomic mass is 35.5. The number of piperidine rings is 1. The van der Waals surface area contributed by atoms with Gasteiger partial charge in [-0.1, -0.05) is 35.9 Å². The number of hydrogen-bond donors (Lipinski definition) is 2. The summed E-state index contributed by atoms with van der Waals surface area (Å²) in [6.45, 7) is 4.06. The number of hydrogen-bond acceptors (Lipinski definition) is 2. The molecule has 1 amide bonds. The second-order valence-corrected chi connectivity index (χ2v) is 6.86. The summed E-state index contributed by atoms with van der Waals surface area (Å²) in [5, 5.41) is 7.12. The van der Waals surface area contributed by atoms with Crippen LogP contribution in [0.2, 0.25) is 5.02 Å². The lowest BCUT2D eigenvalue weighted by molar-refractivity contribution is -0.117. The van der Waals surface area contributed by atoms with E-state index in [1.165, 1.54) is 18.4 Å². The summed E-state index contributed by atoms with van der Waals surface area (Å²) >= 11 is 5.90. The molecule has 1 heterocycles. The van der Waals surface area contributed by atoms with E-state index in [0.29, 0.717) is 10.9 Å². The molecule has 0 saturated carbocycles. The zero-order chi connectivity index (χ0) is 16.9. The molecule has 1 aliphatic rings. The molecule has 1 aliphatic heterocycles. The van der Waals surface area contributed by atoms with E-state index in [2.05, 4.69) is 22.8 Å². The van der Waals surface area contributed by atoms with Crippen molar-refractivity contribution in [1.29, 1.82) is 0 Å². The zero-order valence-corrected chi connectivity index (χ0v) is 14.6. The highest BCUT2D eigenvalue weighted by Crippen LogP contribution is 2.25. The minimum Gasteiger partial charge on any atom is -0.326 e. The fourth-order valence-electron chi connectivity index (χ4n) is 3.13. The number of carbonyl (C=O) groups excluding carboxylic acids is 1. The number of nitrogens with one attached hydrogen (secondary N) is 2. The first-order chi connectivity index (χ1) is 11.6. The van der Waals surface area contributed by atoms with E-state index in [4.69, 9.17) is 11.6 Å². The van der Waals surface area contributed by atoms with Gasteiger partial charge in [-0.05, 0) is 67.6 Å². The Morgan fingerprint density at radius 3 is 2.50 bits per heavy atom. The third-order valence-corrected chi connectivity index (χ3v) is 4.96. The number of anilines is 1. The first-order valence-electron chi connectivity index (χ1n) is 8.50. The van der Waals surface area contributed by atoms with Gasteiger partial charge in [-0.3, -0.25) is 4.79 Å². The van der Waals surface area contributed by atoms with Crippen LogP contribution in [-0.4, -0.2) is 19.0 Å². The molecule has 0 aliphatic carbocycles. The molecule has 3 nitrogen and oxygen atoms in total. The Bertz CT molecular complexity index is 676. The van der Waals surface area contributed by atoms with Crippen LogP contribution in [0, 0.1) is 0 Å². The van der Waals surface area contributed by atoms with E-state index in [0.717, 1.165) is 24.3 Å². The van der Waals surface area contributed by atoms with Gasteiger partial charge in [0.05, 0.1) is 5.92 Å². The third-order valence-electron chi connectivity index (χ3n) is 4.71. The maximum Gasteiger partial charge on any atom is 0.231 e. The fraction of sp³-hybridized carbons (Fsp3) is 0.350. The van der Waals surface area contributed by atoms with Gasteiger partial charge in [0.15, 0.2) is 0 Å². The first kappa shape index (κ1) is 17.0. The molecule has 1 saturated heterocycles. The molecule has 3 rings (SSSR count). The second kappa shape index (κ2) is 7.82. The van der Waals surface area contributed by atoms with Crippen LogP contribution in [0.25, 0.3) is 0 Å². The molecular formula is C20H23ClN2O. The number of amides is 1. The summed E-state index contributed by atoms with van der Waals surface area (Å²) in [7, 11) is 0. The average molecular weight is 343 g/mol. The van der Waals surface area contributed by atoms with Gasteiger partial charge in [0.1, 0.15) is 0 Å². The van der Waals surface area contributed by atoms with Crippen LogP contribution < -0.4 is 10.6 Å². The minimum atomic E-state index is -0.218. The molecule has 2 aromatic carbocycles. The Hall–Kier alpha value is -1.84. The van der Waals surface area contributed by atoms with Crippen LogP contribution in [0.5, 0.6) is 0 Å². The zero-order valence-electron chi connectivity index (χ0n) is 13.9. The SMILES string of the molecule is C[C@H](C(=O)Nc1ccc(C2CCCNC2)cc1)c1ccc(Cl)cc1. The van der Waals surface area contributed by atoms with Crippen molar-refractivity contribution in [1.82, 2.24) is 5.32 Å². The van der Waals surface area contributed by atoms with Crippen LogP contribution >= 0.6 is 11.6 Å². The monoisotopic (exact) mass is 342 g/mol. The summed E-state index contributed by atoms with van der Waals surface area (Å²) in [6, 6.07) is 15.7. The van der Waals surface area contributed by atoms with E-state index in [-0.39, 0.29) is 11.8 Å². The number of rotatable bonds is 4. The van der Waals surface area contributed by atoms with Crippen molar-refractivity contribution in [3.05, 3.63) is 64.7 Å². The van der Waals surface area contributed by atoms with Crippen LogP contribution in [0.3, 0.4) is 0 Å². The molecule has 2 N–H and O–H groups in total. The number of halogens is 1. The summed E-state index contributed by atoms with van der Waals surface area (Å²) in [5.41, 5.74) is 3.14. The lowest BCUT2D eigenvalue weighted by Crippen LogP contribution is -2.28. The van der Waals surface area contributed by atoms with Crippen molar-refractivity contribution in [3.63, 3.8) is 0 Å². The largest absolute Gasteiger partial charge is 0.326 e. The van der Waals surface area contributed by atoms with Gasteiger partial charge in [-0.15, -0.1) is 0 Å². The van der Waals surface area contributed by atoms with Gasteiger partial charge >= 0.3 is 0 Å². The van der Waals surface area contributed by atoms with Crippen LogP contribution in [-0.2, 0) is 4.79 Å². The predicted molar refractivity (Wildman–Crippen MR) is 99.8 cm³/mol. The Labute approximate surface area is 148 Å². The van der Waals surface area contributed by atoms with Crippen molar-refractivity contribution >= 4 is 23.2 Å². The molecule has 0 spiro atoms. The van der Waals surface area contributed by atoms with Gasteiger partial charge in [-0.25, -0.2) is 0 Å². The number of benzene rings is 2. The van der Waals surface area contributed by atoms with Gasteiger partial charge < -0.3 is 10.6 Å². The van der Waals surface area contributed by atoms with E-state index in [1.807, 2.05) is 43.3 Å². The standard InChI is InChI=1S/C20H23ClN2O/c1-14(15-4-8-18(21)9-5-15)20(24)23-19-10-6-16(7-11-19)17-3-2-12-22-13-17/h4-11,14,17,22H,2-3,12-13H2,1H3,(H,23,24)/t14-,17?/m0/s1. The minimum absolute atomic E-state index is 0.00981. The molecular weight excluding hydrogens is 320 g/mol. The Balaban J connectivity index is 1.62. The Morgan fingerprint density at radius 2 is 1.88 bits per heavy atom. The van der Waals surface area contributed by atoms with Crippen molar-refractivity contribution in [2.75, 3.05) is 18.4 Å². The molecule has 2 atom stereocenters. The van der Waals surface area contributed by atoms with Crippen LogP contribution in [0.15, 0.2) is 48.5 Å². The topological polar surface area (TPSA) is 41.1 Å². The molecule has 4 heteroatoms. The lowest BCUT2D eigenvalue weighted by atomic mass is 9.91. The summed E-state index contributed by atoms with van der Waals surface area (Å²) < 4.78 is 0. The molecule has 1 fully saturated rings. The van der Waals surface area contributed by atoms with Gasteiger partial charge in [0.2, 0.25) is 5.91 Å². The first-order valence-corrected chi connectivity index (χ1v) is 8.88. The molecule has 0 aromatic heterocycles. The summed E-state index contributed by atoms with van der Waals surface area (Å²) in [6.07, 6.45) is 2.45. The van der Waals surface area contributed by atoms with E-state index >= 15 is 0 Å².